The average Bonchev–Trinajstić information content (AvgIpc) is 2.87. The molecule has 4 rings (SSSR count). The van der Waals surface area contributed by atoms with Gasteiger partial charge in [0.25, 0.3) is 0 Å². The molecule has 100 valence electrons. The van der Waals surface area contributed by atoms with Gasteiger partial charge in [-0.05, 0) is 29.7 Å². The number of hydrogen-bond donors (Lipinski definition) is 0. The quantitative estimate of drug-likeness (QED) is 0.796. The van der Waals surface area contributed by atoms with Crippen molar-refractivity contribution in [3.8, 4) is 0 Å². The summed E-state index contributed by atoms with van der Waals surface area (Å²) in [4.78, 5) is 18.4. The molecule has 4 heteroatoms. The van der Waals surface area contributed by atoms with Crippen molar-refractivity contribution in [1.82, 2.24) is 9.88 Å². The molecule has 0 unspecified atom stereocenters. The second kappa shape index (κ2) is 4.34. The Labute approximate surface area is 117 Å². The average molecular weight is 266 g/mol. The van der Waals surface area contributed by atoms with Gasteiger partial charge in [0, 0.05) is 6.20 Å². The fourth-order valence-electron chi connectivity index (χ4n) is 3.17. The van der Waals surface area contributed by atoms with Crippen LogP contribution in [0, 0.1) is 0 Å². The van der Waals surface area contributed by atoms with Crippen molar-refractivity contribution in [1.29, 1.82) is 0 Å². The van der Waals surface area contributed by atoms with E-state index in [1.54, 1.807) is 6.20 Å². The number of fused-ring (bicyclic) bond motifs is 2. The molecule has 2 aliphatic heterocycles. The fraction of sp³-hybridized carbons (Fsp3) is 0.250. The van der Waals surface area contributed by atoms with Crippen LogP contribution >= 0.6 is 0 Å². The van der Waals surface area contributed by atoms with E-state index in [1.807, 2.05) is 35.2 Å². The highest BCUT2D eigenvalue weighted by molar-refractivity contribution is 5.72. The number of pyridine rings is 1. The van der Waals surface area contributed by atoms with Crippen molar-refractivity contribution < 1.29 is 9.53 Å². The van der Waals surface area contributed by atoms with Gasteiger partial charge in [0.2, 0.25) is 0 Å². The Morgan fingerprint density at radius 1 is 1.15 bits per heavy atom. The zero-order valence-corrected chi connectivity index (χ0v) is 10.9. The van der Waals surface area contributed by atoms with E-state index in [2.05, 4.69) is 17.1 Å². The van der Waals surface area contributed by atoms with Crippen LogP contribution in [0.25, 0.3) is 0 Å². The molecule has 0 N–H and O–H groups in total. The van der Waals surface area contributed by atoms with Gasteiger partial charge in [-0.2, -0.15) is 0 Å². The van der Waals surface area contributed by atoms with Gasteiger partial charge in [-0.15, -0.1) is 0 Å². The predicted molar refractivity (Wildman–Crippen MR) is 73.2 cm³/mol. The van der Waals surface area contributed by atoms with Crippen LogP contribution in [0.2, 0.25) is 0 Å². The van der Waals surface area contributed by atoms with Crippen LogP contribution < -0.4 is 0 Å². The second-order valence-electron chi connectivity index (χ2n) is 5.20. The van der Waals surface area contributed by atoms with Crippen molar-refractivity contribution in [3.63, 3.8) is 0 Å². The minimum absolute atomic E-state index is 0.115. The van der Waals surface area contributed by atoms with E-state index in [4.69, 9.17) is 4.74 Å². The number of aromatic nitrogens is 1. The Morgan fingerprint density at radius 2 is 2.00 bits per heavy atom. The molecular weight excluding hydrogens is 252 g/mol. The Hall–Kier alpha value is -2.36. The van der Waals surface area contributed by atoms with Gasteiger partial charge >= 0.3 is 6.09 Å². The van der Waals surface area contributed by atoms with Crippen LogP contribution in [-0.4, -0.2) is 28.6 Å². The summed E-state index contributed by atoms with van der Waals surface area (Å²) in [6.45, 7) is 0.469. The lowest BCUT2D eigenvalue weighted by molar-refractivity contribution is 0.147. The molecule has 1 fully saturated rings. The Morgan fingerprint density at radius 3 is 2.85 bits per heavy atom. The van der Waals surface area contributed by atoms with E-state index < -0.39 is 0 Å². The van der Waals surface area contributed by atoms with Crippen molar-refractivity contribution in [3.05, 3.63) is 65.5 Å². The maximum absolute atomic E-state index is 12.1. The van der Waals surface area contributed by atoms with E-state index in [1.165, 1.54) is 5.56 Å². The third-order valence-corrected chi connectivity index (χ3v) is 4.05. The topological polar surface area (TPSA) is 42.4 Å². The van der Waals surface area contributed by atoms with Gasteiger partial charge in [0.1, 0.15) is 12.6 Å². The maximum atomic E-state index is 12.1. The highest BCUT2D eigenvalue weighted by atomic mass is 16.6. The smallest absolute Gasteiger partial charge is 0.411 e. The van der Waals surface area contributed by atoms with Crippen LogP contribution in [0.15, 0.2) is 48.7 Å². The molecule has 2 aromatic rings. The summed E-state index contributed by atoms with van der Waals surface area (Å²) in [7, 11) is 0. The van der Waals surface area contributed by atoms with Crippen LogP contribution in [0.4, 0.5) is 4.79 Å². The zero-order valence-electron chi connectivity index (χ0n) is 10.9. The number of ether oxygens (including phenoxy) is 1. The molecular formula is C16H14N2O2. The molecule has 0 spiro atoms. The largest absolute Gasteiger partial charge is 0.447 e. The van der Waals surface area contributed by atoms with Crippen molar-refractivity contribution in [2.75, 3.05) is 6.61 Å². The van der Waals surface area contributed by atoms with E-state index in [-0.39, 0.29) is 18.2 Å². The summed E-state index contributed by atoms with van der Waals surface area (Å²) >= 11 is 0. The first-order valence-corrected chi connectivity index (χ1v) is 6.78. The summed E-state index contributed by atoms with van der Waals surface area (Å²) in [6, 6.07) is 14.1. The van der Waals surface area contributed by atoms with Crippen LogP contribution in [-0.2, 0) is 11.2 Å². The lowest BCUT2D eigenvalue weighted by Gasteiger charge is -2.36. The van der Waals surface area contributed by atoms with E-state index >= 15 is 0 Å². The van der Waals surface area contributed by atoms with Crippen molar-refractivity contribution >= 4 is 6.09 Å². The molecule has 0 saturated carbocycles. The number of rotatable bonds is 1. The summed E-state index contributed by atoms with van der Waals surface area (Å²) in [5.41, 5.74) is 3.33. The van der Waals surface area contributed by atoms with Gasteiger partial charge in [0.05, 0.1) is 11.7 Å². The highest BCUT2D eigenvalue weighted by Gasteiger charge is 2.44. The first-order chi connectivity index (χ1) is 9.84. The zero-order chi connectivity index (χ0) is 13.5. The molecule has 0 bridgehead atoms. The Balaban J connectivity index is 1.90. The summed E-state index contributed by atoms with van der Waals surface area (Å²) in [5.74, 6) is 0. The Kier molecular flexibility index (Phi) is 2.49. The Bertz CT molecular complexity index is 657. The predicted octanol–water partition coefficient (Wildman–Crippen LogP) is 2.55. The summed E-state index contributed by atoms with van der Waals surface area (Å²) in [6.07, 6.45) is 2.38. The number of hydrogen-bond acceptors (Lipinski definition) is 3. The van der Waals surface area contributed by atoms with E-state index in [0.29, 0.717) is 6.61 Å². The van der Waals surface area contributed by atoms with Crippen molar-refractivity contribution in [2.24, 2.45) is 0 Å². The normalized spacial score (nSPS) is 24.0. The fourth-order valence-corrected chi connectivity index (χ4v) is 3.17. The van der Waals surface area contributed by atoms with Crippen LogP contribution in [0.5, 0.6) is 0 Å². The molecule has 2 atom stereocenters. The third kappa shape index (κ3) is 1.61. The SMILES string of the molecule is O=C1OC[C@@H]2Cc3ccccc3[C@@H](c3ccccn3)N12. The van der Waals surface area contributed by atoms with E-state index in [0.717, 1.165) is 17.7 Å². The first-order valence-electron chi connectivity index (χ1n) is 6.78. The summed E-state index contributed by atoms with van der Waals surface area (Å²) < 4.78 is 5.24. The summed E-state index contributed by atoms with van der Waals surface area (Å²) in [5, 5.41) is 0. The number of nitrogens with zero attached hydrogens (tertiary/aromatic N) is 2. The van der Waals surface area contributed by atoms with Gasteiger partial charge in [-0.3, -0.25) is 9.88 Å². The molecule has 0 aliphatic carbocycles. The first kappa shape index (κ1) is 11.5. The molecule has 4 nitrogen and oxygen atoms in total. The third-order valence-electron chi connectivity index (χ3n) is 4.05. The molecule has 1 amide bonds. The molecule has 0 radical (unpaired) electrons. The minimum Gasteiger partial charge on any atom is -0.447 e. The van der Waals surface area contributed by atoms with Gasteiger partial charge in [0.15, 0.2) is 0 Å². The maximum Gasteiger partial charge on any atom is 0.411 e. The molecule has 20 heavy (non-hydrogen) atoms. The number of carbonyl (C=O) groups is 1. The molecule has 1 saturated heterocycles. The molecule has 1 aromatic heterocycles. The second-order valence-corrected chi connectivity index (χ2v) is 5.20. The van der Waals surface area contributed by atoms with Gasteiger partial charge < -0.3 is 4.74 Å². The van der Waals surface area contributed by atoms with Crippen molar-refractivity contribution in [2.45, 2.75) is 18.5 Å². The lowest BCUT2D eigenvalue weighted by Crippen LogP contribution is -2.43. The number of cyclic esters (lactones) is 1. The van der Waals surface area contributed by atoms with Gasteiger partial charge in [-0.25, -0.2) is 4.79 Å². The monoisotopic (exact) mass is 266 g/mol. The number of benzene rings is 1. The highest BCUT2D eigenvalue weighted by Crippen LogP contribution is 2.39. The molecule has 1 aromatic carbocycles. The van der Waals surface area contributed by atoms with Crippen LogP contribution in [0.3, 0.4) is 0 Å². The number of amides is 1. The number of carbonyl (C=O) groups excluding carboxylic acids is 1. The minimum atomic E-state index is -0.236. The van der Waals surface area contributed by atoms with Crippen LogP contribution in [0.1, 0.15) is 22.9 Å². The lowest BCUT2D eigenvalue weighted by atomic mass is 9.87. The van der Waals surface area contributed by atoms with Gasteiger partial charge in [-0.1, -0.05) is 30.3 Å². The molecule has 2 aliphatic rings. The standard InChI is InChI=1S/C16H14N2O2/c19-16-18-12(10-20-16)9-11-5-1-2-6-13(11)15(18)14-7-3-4-8-17-14/h1-8,12,15H,9-10H2/t12-,15-/m0/s1. The van der Waals surface area contributed by atoms with E-state index in [9.17, 15) is 4.79 Å². The molecule has 3 heterocycles.